The van der Waals surface area contributed by atoms with Crippen LogP contribution in [-0.2, 0) is 18.6 Å². The molecule has 1 aliphatic heterocycles. The number of methoxy groups -OCH3 is 1. The third-order valence-corrected chi connectivity index (χ3v) is 13.0. The van der Waals surface area contributed by atoms with Gasteiger partial charge in [-0.05, 0) is 36.2 Å². The van der Waals surface area contributed by atoms with Crippen molar-refractivity contribution < 1.29 is 23.7 Å². The summed E-state index contributed by atoms with van der Waals surface area (Å²) in [5.74, 6) is 0. The molecule has 2 heterocycles. The summed E-state index contributed by atoms with van der Waals surface area (Å²) in [4.78, 5) is 27.3. The number of aliphatic hydroxyl groups excluding tert-OH is 1. The van der Waals surface area contributed by atoms with Crippen LogP contribution >= 0.6 is 0 Å². The number of aliphatic hydroxyl groups is 1. The van der Waals surface area contributed by atoms with Crippen molar-refractivity contribution in [3.05, 3.63) is 93.3 Å². The van der Waals surface area contributed by atoms with Crippen molar-refractivity contribution in [3.63, 3.8) is 0 Å². The number of rotatable bonds is 10. The van der Waals surface area contributed by atoms with Crippen LogP contribution < -0.4 is 21.6 Å². The van der Waals surface area contributed by atoms with Crippen molar-refractivity contribution in [2.24, 2.45) is 0 Å². The van der Waals surface area contributed by atoms with Crippen LogP contribution in [0.15, 0.2) is 76.4 Å². The number of H-pyrrole nitrogens is 1. The zero-order valence-electron chi connectivity index (χ0n) is 24.9. The monoisotopic (exact) mass is 582 g/mol. The molecule has 2 N–H and O–H groups in total. The summed E-state index contributed by atoms with van der Waals surface area (Å²) in [6.07, 6.45) is -3.10. The van der Waals surface area contributed by atoms with Crippen LogP contribution in [0, 0.1) is 6.92 Å². The molecule has 0 saturated carbocycles. The third-order valence-electron chi connectivity index (χ3n) is 8.02. The molecule has 1 aliphatic rings. The molecular weight excluding hydrogens is 540 g/mol. The van der Waals surface area contributed by atoms with Gasteiger partial charge in [0.05, 0.1) is 18.8 Å². The lowest BCUT2D eigenvalue weighted by Gasteiger charge is -2.43. The highest BCUT2D eigenvalue weighted by molar-refractivity contribution is 6.99. The maximum atomic E-state index is 12.9. The number of aromatic amines is 1. The molecule has 1 fully saturated rings. The van der Waals surface area contributed by atoms with Gasteiger partial charge in [-0.15, -0.1) is 0 Å². The normalized spacial score (nSPS) is 22.9. The van der Waals surface area contributed by atoms with Crippen molar-refractivity contribution in [1.29, 1.82) is 0 Å². The molecule has 1 unspecified atom stereocenters. The van der Waals surface area contributed by atoms with Crippen molar-refractivity contribution in [1.82, 2.24) is 9.55 Å². The van der Waals surface area contributed by atoms with Crippen molar-refractivity contribution in [2.45, 2.75) is 83.3 Å². The second-order valence-electron chi connectivity index (χ2n) is 11.8. The Morgan fingerprint density at radius 3 is 2.07 bits per heavy atom. The number of benzene rings is 2. The van der Waals surface area contributed by atoms with E-state index >= 15 is 0 Å². The third kappa shape index (κ3) is 6.18. The van der Waals surface area contributed by atoms with Gasteiger partial charge in [-0.3, -0.25) is 14.3 Å². The summed E-state index contributed by atoms with van der Waals surface area (Å²) in [6.45, 7) is 11.9. The standard InChI is InChI=1S/C31H42N2O7Si/c1-20-18-33(30(36)32-28(20)35)29-27(39-22(3)21(2)37-7)26(34)25(40-29)19-38-41(31(4,5)6,23-14-10-8-11-15-23)24-16-12-9-13-17-24/h8-18,21-22,25-27,29,34H,19H2,1-7H3,(H,32,35,36)/t21-,22-,25-,26?,27+,29-/m1/s1. The smallest absolute Gasteiger partial charge is 0.330 e. The van der Waals surface area contributed by atoms with Gasteiger partial charge in [0, 0.05) is 18.9 Å². The zero-order chi connectivity index (χ0) is 29.9. The Kier molecular flexibility index (Phi) is 9.52. The summed E-state index contributed by atoms with van der Waals surface area (Å²) in [6, 6.07) is 20.4. The fourth-order valence-electron chi connectivity index (χ4n) is 5.52. The first-order chi connectivity index (χ1) is 19.4. The fourth-order valence-corrected chi connectivity index (χ4v) is 10.1. The van der Waals surface area contributed by atoms with E-state index in [0.29, 0.717) is 5.56 Å². The largest absolute Gasteiger partial charge is 0.405 e. The molecule has 6 atom stereocenters. The minimum Gasteiger partial charge on any atom is -0.405 e. The maximum absolute atomic E-state index is 12.9. The molecule has 0 radical (unpaired) electrons. The van der Waals surface area contributed by atoms with Crippen molar-refractivity contribution >= 4 is 18.7 Å². The molecule has 0 bridgehead atoms. The summed E-state index contributed by atoms with van der Waals surface area (Å²) in [5, 5.41) is 13.5. The Hall–Kier alpha value is -2.86. The first kappa shape index (κ1) is 31.1. The number of hydrogen-bond acceptors (Lipinski definition) is 7. The average molecular weight is 583 g/mol. The number of nitrogens with zero attached hydrogens (tertiary/aromatic N) is 1. The lowest BCUT2D eigenvalue weighted by molar-refractivity contribution is -0.130. The number of ether oxygens (including phenoxy) is 3. The highest BCUT2D eigenvalue weighted by atomic mass is 28.4. The SMILES string of the molecule is CO[C@H](C)[C@@H](C)O[C@H]1C(O)[C@@H](CO[Si](c2ccccc2)(c2ccccc2)C(C)(C)C)O[C@H]1n1cc(C)c(=O)[nH]c1=O. The predicted octanol–water partition coefficient (Wildman–Crippen LogP) is 2.49. The van der Waals surface area contributed by atoms with E-state index in [1.807, 2.05) is 50.2 Å². The average Bonchev–Trinajstić information content (AvgIpc) is 3.25. The van der Waals surface area contributed by atoms with Crippen molar-refractivity contribution in [3.8, 4) is 0 Å². The molecule has 4 rings (SSSR count). The van der Waals surface area contributed by atoms with Crippen molar-refractivity contribution in [2.75, 3.05) is 13.7 Å². The van der Waals surface area contributed by atoms with Crippen LogP contribution in [0.25, 0.3) is 0 Å². The molecule has 2 aromatic carbocycles. The second kappa shape index (κ2) is 12.6. The molecule has 0 spiro atoms. The maximum Gasteiger partial charge on any atom is 0.330 e. The highest BCUT2D eigenvalue weighted by Crippen LogP contribution is 2.38. The fraction of sp³-hybridized carbons (Fsp3) is 0.484. The van der Waals surface area contributed by atoms with Crippen LogP contribution in [0.2, 0.25) is 5.04 Å². The minimum atomic E-state index is -2.92. The molecule has 1 aromatic heterocycles. The summed E-state index contributed by atoms with van der Waals surface area (Å²) >= 11 is 0. The van der Waals surface area contributed by atoms with E-state index in [0.717, 1.165) is 10.4 Å². The predicted molar refractivity (Wildman–Crippen MR) is 160 cm³/mol. The van der Waals surface area contributed by atoms with Crippen LogP contribution in [-0.4, -0.2) is 67.2 Å². The summed E-state index contributed by atoms with van der Waals surface area (Å²) < 4.78 is 26.4. The number of aryl methyl sites for hydroxylation is 1. The zero-order valence-corrected chi connectivity index (χ0v) is 25.9. The highest BCUT2D eigenvalue weighted by Gasteiger charge is 2.53. The number of aromatic nitrogens is 2. The van der Waals surface area contributed by atoms with E-state index in [1.54, 1.807) is 14.0 Å². The Labute approximate surface area is 242 Å². The molecule has 41 heavy (non-hydrogen) atoms. The van der Waals surface area contributed by atoms with Gasteiger partial charge in [0.2, 0.25) is 0 Å². The van der Waals surface area contributed by atoms with Crippen LogP contribution in [0.1, 0.15) is 46.4 Å². The van der Waals surface area contributed by atoms with E-state index < -0.39 is 50.2 Å². The summed E-state index contributed by atoms with van der Waals surface area (Å²) in [5.41, 5.74) is -0.783. The number of hydrogen-bond donors (Lipinski definition) is 2. The lowest BCUT2D eigenvalue weighted by Crippen LogP contribution is -2.67. The van der Waals surface area contributed by atoms with E-state index in [4.69, 9.17) is 18.6 Å². The molecule has 0 amide bonds. The Morgan fingerprint density at radius 2 is 1.56 bits per heavy atom. The quantitative estimate of drug-likeness (QED) is 0.353. The molecule has 3 aromatic rings. The van der Waals surface area contributed by atoms with Gasteiger partial charge in [-0.2, -0.15) is 0 Å². The van der Waals surface area contributed by atoms with Gasteiger partial charge in [0.1, 0.15) is 18.3 Å². The van der Waals surface area contributed by atoms with Crippen LogP contribution in [0.3, 0.4) is 0 Å². The van der Waals surface area contributed by atoms with E-state index in [-0.39, 0.29) is 17.7 Å². The molecule has 10 heteroatoms. The first-order valence-electron chi connectivity index (χ1n) is 14.0. The molecule has 0 aliphatic carbocycles. The van der Waals surface area contributed by atoms with E-state index in [9.17, 15) is 14.7 Å². The van der Waals surface area contributed by atoms with Gasteiger partial charge in [-0.25, -0.2) is 4.79 Å². The minimum absolute atomic E-state index is 0.0656. The van der Waals surface area contributed by atoms with Gasteiger partial charge >= 0.3 is 5.69 Å². The molecule has 222 valence electrons. The lowest BCUT2D eigenvalue weighted by atomic mass is 10.1. The second-order valence-corrected chi connectivity index (χ2v) is 16.1. The van der Waals surface area contributed by atoms with Crippen LogP contribution in [0.5, 0.6) is 0 Å². The summed E-state index contributed by atoms with van der Waals surface area (Å²) in [7, 11) is -1.34. The Bertz CT molecular complexity index is 1360. The molecule has 1 saturated heterocycles. The van der Waals surface area contributed by atoms with E-state index in [1.165, 1.54) is 10.8 Å². The number of nitrogens with one attached hydrogen (secondary N) is 1. The van der Waals surface area contributed by atoms with Gasteiger partial charge in [-0.1, -0.05) is 81.4 Å². The Morgan fingerprint density at radius 1 is 1.00 bits per heavy atom. The topological polar surface area (TPSA) is 112 Å². The Balaban J connectivity index is 1.73. The molecule has 9 nitrogen and oxygen atoms in total. The molecular formula is C31H42N2O7Si. The van der Waals surface area contributed by atoms with Gasteiger partial charge in [0.25, 0.3) is 13.9 Å². The van der Waals surface area contributed by atoms with Gasteiger partial charge in [0.15, 0.2) is 6.23 Å². The van der Waals surface area contributed by atoms with E-state index in [2.05, 4.69) is 50.0 Å². The first-order valence-corrected chi connectivity index (χ1v) is 15.9. The van der Waals surface area contributed by atoms with Gasteiger partial charge < -0.3 is 23.7 Å². The van der Waals surface area contributed by atoms with Crippen LogP contribution in [0.4, 0.5) is 0 Å².